The number of nitrogens with zero attached hydrogens (tertiary/aromatic N) is 2. The molecular weight excluding hydrogens is 507 g/mol. The molecule has 0 unspecified atom stereocenters. The van der Waals surface area contributed by atoms with Crippen molar-refractivity contribution in [2.24, 2.45) is 0 Å². The molecule has 1 aromatic heterocycles. The van der Waals surface area contributed by atoms with E-state index in [-0.39, 0.29) is 19.1 Å². The molecule has 3 aromatic carbocycles. The van der Waals surface area contributed by atoms with E-state index in [1.807, 2.05) is 79.4 Å². The molecule has 7 nitrogen and oxygen atoms in total. The van der Waals surface area contributed by atoms with Crippen molar-refractivity contribution in [3.8, 4) is 5.75 Å². The topological polar surface area (TPSA) is 68.3 Å². The van der Waals surface area contributed by atoms with E-state index in [1.54, 1.807) is 7.11 Å². The third kappa shape index (κ3) is 4.99. The molecule has 37 heavy (non-hydrogen) atoms. The van der Waals surface area contributed by atoms with Crippen LogP contribution in [0.3, 0.4) is 0 Å². The van der Waals surface area contributed by atoms with E-state index < -0.39 is 7.60 Å². The summed E-state index contributed by atoms with van der Waals surface area (Å²) in [5.74, 6) is 0.857. The molecule has 9 heteroatoms. The zero-order chi connectivity index (χ0) is 26.0. The van der Waals surface area contributed by atoms with E-state index in [4.69, 9.17) is 13.8 Å². The first-order valence-electron chi connectivity index (χ1n) is 12.5. The summed E-state index contributed by atoms with van der Waals surface area (Å²) < 4.78 is 31.3. The predicted octanol–water partition coefficient (Wildman–Crippen LogP) is 5.92. The second-order valence-corrected chi connectivity index (χ2v) is 11.8. The number of methoxy groups -OCH3 is 1. The van der Waals surface area contributed by atoms with Crippen LogP contribution in [0, 0.1) is 0 Å². The lowest BCUT2D eigenvalue weighted by Gasteiger charge is -2.36. The van der Waals surface area contributed by atoms with Crippen molar-refractivity contribution in [3.63, 3.8) is 0 Å². The van der Waals surface area contributed by atoms with Crippen LogP contribution >= 0.6 is 18.9 Å². The molecule has 0 N–H and O–H groups in total. The van der Waals surface area contributed by atoms with Crippen molar-refractivity contribution in [2.45, 2.75) is 13.8 Å². The van der Waals surface area contributed by atoms with Crippen LogP contribution in [0.1, 0.15) is 23.5 Å². The van der Waals surface area contributed by atoms with E-state index in [1.165, 1.54) is 11.3 Å². The van der Waals surface area contributed by atoms with Crippen molar-refractivity contribution in [3.05, 3.63) is 65.5 Å². The molecule has 1 amide bonds. The zero-order valence-corrected chi connectivity index (χ0v) is 23.0. The molecule has 1 saturated heterocycles. The van der Waals surface area contributed by atoms with Gasteiger partial charge in [-0.2, -0.15) is 0 Å². The highest BCUT2D eigenvalue weighted by atomic mass is 32.1. The summed E-state index contributed by atoms with van der Waals surface area (Å²) in [5.41, 5.74) is 1.13. The number of hydrogen-bond donors (Lipinski definition) is 0. The summed E-state index contributed by atoms with van der Waals surface area (Å²) in [7, 11) is -1.85. The average molecular weight is 539 g/mol. The number of fused-ring (bicyclic) bond motifs is 3. The first-order valence-corrected chi connectivity index (χ1v) is 14.9. The fourth-order valence-electron chi connectivity index (χ4n) is 4.82. The lowest BCUT2D eigenvalue weighted by Crippen LogP contribution is -2.48. The number of hydrogen-bond acceptors (Lipinski definition) is 7. The second kappa shape index (κ2) is 10.8. The highest BCUT2D eigenvalue weighted by molar-refractivity contribution is 7.62. The number of thiophene rings is 1. The van der Waals surface area contributed by atoms with Gasteiger partial charge in [-0.3, -0.25) is 9.36 Å². The van der Waals surface area contributed by atoms with Gasteiger partial charge in [-0.25, -0.2) is 0 Å². The van der Waals surface area contributed by atoms with Crippen LogP contribution in [-0.4, -0.2) is 57.3 Å². The second-order valence-electron chi connectivity index (χ2n) is 8.78. The van der Waals surface area contributed by atoms with Crippen LogP contribution in [0.2, 0.25) is 0 Å². The van der Waals surface area contributed by atoms with Crippen molar-refractivity contribution in [1.82, 2.24) is 4.90 Å². The maximum Gasteiger partial charge on any atom is 0.361 e. The predicted molar refractivity (Wildman–Crippen MR) is 151 cm³/mol. The van der Waals surface area contributed by atoms with Crippen LogP contribution in [0.25, 0.3) is 20.9 Å². The summed E-state index contributed by atoms with van der Waals surface area (Å²) >= 11 is 1.49. The third-order valence-corrected chi connectivity index (χ3v) is 9.94. The molecule has 0 saturated carbocycles. The van der Waals surface area contributed by atoms with E-state index in [9.17, 15) is 9.36 Å². The smallest absolute Gasteiger partial charge is 0.361 e. The van der Waals surface area contributed by atoms with Crippen molar-refractivity contribution >= 4 is 56.7 Å². The molecule has 4 aromatic rings. The SMILES string of the molecule is CCOP(=O)(OCC)c1cc2cc(C(=O)N3CCN(c4ccc(OC)cc4)CC3)sc2c2ccccc12. The Hall–Kier alpha value is -2.90. The maximum atomic E-state index is 13.7. The summed E-state index contributed by atoms with van der Waals surface area (Å²) in [6, 6.07) is 19.6. The molecule has 194 valence electrons. The van der Waals surface area contributed by atoms with E-state index >= 15 is 0 Å². The lowest BCUT2D eigenvalue weighted by atomic mass is 10.1. The van der Waals surface area contributed by atoms with Crippen molar-refractivity contribution < 1.29 is 23.1 Å². The van der Waals surface area contributed by atoms with Crippen molar-refractivity contribution in [2.75, 3.05) is 51.4 Å². The molecular formula is C28H31N2O5PS. The Bertz CT molecular complexity index is 1450. The number of carbonyl (C=O) groups excluding carboxylic acids is 1. The monoisotopic (exact) mass is 538 g/mol. The Morgan fingerprint density at radius 1 is 0.919 bits per heavy atom. The summed E-state index contributed by atoms with van der Waals surface area (Å²) in [5, 5.41) is 3.19. The molecule has 0 atom stereocenters. The molecule has 1 fully saturated rings. The first-order chi connectivity index (χ1) is 18.0. The highest BCUT2D eigenvalue weighted by Gasteiger charge is 2.31. The van der Waals surface area contributed by atoms with Crippen LogP contribution < -0.4 is 14.9 Å². The minimum absolute atomic E-state index is 0.0269. The number of piperazine rings is 1. The molecule has 0 bridgehead atoms. The zero-order valence-electron chi connectivity index (χ0n) is 21.3. The Kier molecular flexibility index (Phi) is 7.54. The quantitative estimate of drug-likeness (QED) is 0.260. The largest absolute Gasteiger partial charge is 0.497 e. The molecule has 5 rings (SSSR count). The van der Waals surface area contributed by atoms with Crippen LogP contribution in [0.15, 0.2) is 60.7 Å². The Morgan fingerprint density at radius 2 is 1.57 bits per heavy atom. The van der Waals surface area contributed by atoms with Gasteiger partial charge in [0.2, 0.25) is 0 Å². The minimum atomic E-state index is -3.51. The highest BCUT2D eigenvalue weighted by Crippen LogP contribution is 2.50. The minimum Gasteiger partial charge on any atom is -0.497 e. The van der Waals surface area contributed by atoms with Gasteiger partial charge in [-0.05, 0) is 61.0 Å². The average Bonchev–Trinajstić information content (AvgIpc) is 3.37. The fraction of sp³-hybridized carbons (Fsp3) is 0.321. The third-order valence-electron chi connectivity index (χ3n) is 6.61. The Labute approximate surface area is 221 Å². The fourth-order valence-corrected chi connectivity index (χ4v) is 7.78. The normalized spacial score (nSPS) is 14.5. The number of benzene rings is 3. The van der Waals surface area contributed by atoms with Crippen LogP contribution in [-0.2, 0) is 13.6 Å². The number of rotatable bonds is 8. The Balaban J connectivity index is 1.43. The molecule has 1 aliphatic rings. The van der Waals surface area contributed by atoms with Gasteiger partial charge < -0.3 is 23.6 Å². The van der Waals surface area contributed by atoms with Gasteiger partial charge in [0.15, 0.2) is 0 Å². The molecule has 2 heterocycles. The Morgan fingerprint density at radius 3 is 2.19 bits per heavy atom. The number of anilines is 1. The van der Waals surface area contributed by atoms with Crippen molar-refractivity contribution in [1.29, 1.82) is 0 Å². The number of ether oxygens (including phenoxy) is 1. The van der Waals surface area contributed by atoms with Gasteiger partial charge >= 0.3 is 7.60 Å². The number of carbonyl (C=O) groups is 1. The van der Waals surface area contributed by atoms with E-state index in [0.717, 1.165) is 45.4 Å². The molecule has 1 aliphatic heterocycles. The number of amides is 1. The van der Waals surface area contributed by atoms with Gasteiger partial charge in [0, 0.05) is 42.0 Å². The standard InChI is InChI=1S/C28H31N2O5PS/c1-4-34-36(32,35-5-2)25-18-20-19-26(37-27(20)24-9-7-6-8-23(24)25)28(31)30-16-14-29(15-17-30)21-10-12-22(33-3)13-11-21/h6-13,18-19H,4-5,14-17H2,1-3H3. The van der Waals surface area contributed by atoms with Gasteiger partial charge in [0.25, 0.3) is 5.91 Å². The molecule has 0 spiro atoms. The van der Waals surface area contributed by atoms with E-state index in [2.05, 4.69) is 4.90 Å². The summed E-state index contributed by atoms with van der Waals surface area (Å²) in [6.07, 6.45) is 0. The molecule has 0 aliphatic carbocycles. The summed E-state index contributed by atoms with van der Waals surface area (Å²) in [6.45, 7) is 7.00. The van der Waals surface area contributed by atoms with Gasteiger partial charge in [-0.15, -0.1) is 11.3 Å². The lowest BCUT2D eigenvalue weighted by molar-refractivity contribution is 0.0751. The molecule has 0 radical (unpaired) electrons. The van der Waals surface area contributed by atoms with Gasteiger partial charge in [0.05, 0.1) is 30.5 Å². The maximum absolute atomic E-state index is 13.7. The summed E-state index contributed by atoms with van der Waals surface area (Å²) in [4.78, 5) is 18.4. The van der Waals surface area contributed by atoms with E-state index in [0.29, 0.717) is 23.3 Å². The van der Waals surface area contributed by atoms with Crippen LogP contribution in [0.4, 0.5) is 5.69 Å². The van der Waals surface area contributed by atoms with Crippen LogP contribution in [0.5, 0.6) is 5.75 Å². The first kappa shape index (κ1) is 25.7. The van der Waals surface area contributed by atoms with Gasteiger partial charge in [0.1, 0.15) is 5.75 Å². The van der Waals surface area contributed by atoms with Gasteiger partial charge in [-0.1, -0.05) is 24.3 Å².